The molecule has 1 aliphatic heterocycles. The Bertz CT molecular complexity index is 1270. The molecular weight excluding hydrogens is 408 g/mol. The molecule has 2 aromatic carbocycles. The predicted molar refractivity (Wildman–Crippen MR) is 119 cm³/mol. The minimum absolute atomic E-state index is 0.0000235. The minimum Gasteiger partial charge on any atom is -0.493 e. The van der Waals surface area contributed by atoms with Gasteiger partial charge in [0.05, 0.1) is 38.5 Å². The van der Waals surface area contributed by atoms with E-state index in [1.165, 1.54) is 12.7 Å². The van der Waals surface area contributed by atoms with Gasteiger partial charge in [0.15, 0.2) is 11.5 Å². The molecule has 0 unspecified atom stereocenters. The summed E-state index contributed by atoms with van der Waals surface area (Å²) in [6.45, 7) is 4.10. The number of rotatable bonds is 5. The summed E-state index contributed by atoms with van der Waals surface area (Å²) in [6.07, 6.45) is 0. The number of fused-ring (bicyclic) bond motifs is 1. The third kappa shape index (κ3) is 3.19. The third-order valence-electron chi connectivity index (χ3n) is 5.78. The molecule has 0 amide bonds. The summed E-state index contributed by atoms with van der Waals surface area (Å²) in [5.41, 5.74) is 11.7. The highest BCUT2D eigenvalue weighted by Gasteiger charge is 2.38. The molecule has 3 aromatic rings. The summed E-state index contributed by atoms with van der Waals surface area (Å²) in [7, 11) is 4.63. The summed E-state index contributed by atoms with van der Waals surface area (Å²) in [5.74, 6) is 1.10. The molecule has 164 valence electrons. The summed E-state index contributed by atoms with van der Waals surface area (Å²) >= 11 is 0. The zero-order chi connectivity index (χ0) is 23.0. The van der Waals surface area contributed by atoms with Crippen molar-refractivity contribution in [1.29, 1.82) is 5.26 Å². The molecule has 0 fully saturated rings. The molecule has 8 nitrogen and oxygen atoms in total. The van der Waals surface area contributed by atoms with Crippen molar-refractivity contribution < 1.29 is 18.9 Å². The zero-order valence-corrected chi connectivity index (χ0v) is 18.6. The van der Waals surface area contributed by atoms with Crippen molar-refractivity contribution in [1.82, 2.24) is 10.2 Å². The number of methoxy groups -OCH3 is 3. The van der Waals surface area contributed by atoms with Gasteiger partial charge in [-0.3, -0.25) is 5.10 Å². The monoisotopic (exact) mass is 432 g/mol. The van der Waals surface area contributed by atoms with Crippen molar-refractivity contribution in [3.05, 3.63) is 64.0 Å². The number of hydrogen-bond donors (Lipinski definition) is 2. The van der Waals surface area contributed by atoms with E-state index < -0.39 is 5.92 Å². The fraction of sp³-hybridized carbons (Fsp3) is 0.250. The zero-order valence-electron chi connectivity index (χ0n) is 18.6. The van der Waals surface area contributed by atoms with Crippen LogP contribution in [0.15, 0.2) is 41.8 Å². The van der Waals surface area contributed by atoms with Crippen LogP contribution >= 0.6 is 0 Å². The third-order valence-corrected chi connectivity index (χ3v) is 5.78. The standard InChI is InChI=1S/C24H24N4O4/c1-12-6-7-14(10-13(12)2)20-19-18(16(11-25)23(26)32-24(19)28-27-20)15-8-9-17(29-3)22(31-5)21(15)30-4/h6-10,18H,26H2,1-5H3,(H,27,28)/t18-/m0/s1. The lowest BCUT2D eigenvalue weighted by molar-refractivity contribution is 0.321. The van der Waals surface area contributed by atoms with Gasteiger partial charge in [0.25, 0.3) is 0 Å². The molecule has 1 atom stereocenters. The number of nitriles is 1. The van der Waals surface area contributed by atoms with Crippen LogP contribution in [0.4, 0.5) is 0 Å². The van der Waals surface area contributed by atoms with Gasteiger partial charge in [-0.2, -0.15) is 5.26 Å². The van der Waals surface area contributed by atoms with E-state index in [-0.39, 0.29) is 11.5 Å². The van der Waals surface area contributed by atoms with E-state index in [4.69, 9.17) is 24.7 Å². The minimum atomic E-state index is -0.589. The molecule has 8 heteroatoms. The molecule has 4 rings (SSSR count). The van der Waals surface area contributed by atoms with Crippen LogP contribution in [-0.2, 0) is 0 Å². The Morgan fingerprint density at radius 2 is 1.78 bits per heavy atom. The molecule has 0 saturated carbocycles. The first-order valence-corrected chi connectivity index (χ1v) is 9.97. The van der Waals surface area contributed by atoms with Gasteiger partial charge in [-0.05, 0) is 37.1 Å². The second kappa shape index (κ2) is 8.19. The van der Waals surface area contributed by atoms with Gasteiger partial charge in [-0.25, -0.2) is 0 Å². The van der Waals surface area contributed by atoms with Crippen molar-refractivity contribution in [2.24, 2.45) is 5.73 Å². The van der Waals surface area contributed by atoms with Crippen LogP contribution < -0.4 is 24.7 Å². The van der Waals surface area contributed by atoms with Crippen molar-refractivity contribution in [3.63, 3.8) is 0 Å². The largest absolute Gasteiger partial charge is 0.493 e. The highest BCUT2D eigenvalue weighted by atomic mass is 16.5. The fourth-order valence-electron chi connectivity index (χ4n) is 4.02. The number of allylic oxidation sites excluding steroid dienone is 1. The van der Waals surface area contributed by atoms with E-state index in [0.29, 0.717) is 34.3 Å². The number of ether oxygens (including phenoxy) is 4. The van der Waals surface area contributed by atoms with E-state index in [2.05, 4.69) is 29.3 Å². The molecule has 32 heavy (non-hydrogen) atoms. The number of hydrogen-bond acceptors (Lipinski definition) is 7. The topological polar surface area (TPSA) is 115 Å². The Morgan fingerprint density at radius 3 is 2.41 bits per heavy atom. The van der Waals surface area contributed by atoms with Crippen LogP contribution in [0.1, 0.15) is 28.2 Å². The van der Waals surface area contributed by atoms with Crippen molar-refractivity contribution in [3.8, 4) is 40.5 Å². The molecule has 1 aromatic heterocycles. The summed E-state index contributed by atoms with van der Waals surface area (Å²) in [5, 5.41) is 17.4. The number of benzene rings is 2. The molecular formula is C24H24N4O4. The molecule has 0 aliphatic carbocycles. The lowest BCUT2D eigenvalue weighted by Crippen LogP contribution is -2.21. The van der Waals surface area contributed by atoms with Crippen LogP contribution in [0.2, 0.25) is 0 Å². The maximum absolute atomic E-state index is 9.99. The smallest absolute Gasteiger partial charge is 0.244 e. The number of nitrogens with one attached hydrogen (secondary N) is 1. The quantitative estimate of drug-likeness (QED) is 0.627. The summed E-state index contributed by atoms with van der Waals surface area (Å²) in [4.78, 5) is 0. The Morgan fingerprint density at radius 1 is 1.03 bits per heavy atom. The van der Waals surface area contributed by atoms with Gasteiger partial charge in [0, 0.05) is 11.1 Å². The van der Waals surface area contributed by atoms with E-state index in [9.17, 15) is 5.26 Å². The van der Waals surface area contributed by atoms with Crippen LogP contribution in [0, 0.1) is 25.2 Å². The van der Waals surface area contributed by atoms with Gasteiger partial charge >= 0.3 is 0 Å². The average molecular weight is 432 g/mol. The first-order chi connectivity index (χ1) is 15.4. The molecule has 0 radical (unpaired) electrons. The Kier molecular flexibility index (Phi) is 5.41. The van der Waals surface area contributed by atoms with Crippen molar-refractivity contribution in [2.45, 2.75) is 19.8 Å². The van der Waals surface area contributed by atoms with Gasteiger partial charge in [-0.1, -0.05) is 18.2 Å². The lowest BCUT2D eigenvalue weighted by Gasteiger charge is -2.26. The highest BCUT2D eigenvalue weighted by Crippen LogP contribution is 2.51. The fourth-order valence-corrected chi connectivity index (χ4v) is 4.02. The molecule has 1 aliphatic rings. The number of aromatic amines is 1. The summed E-state index contributed by atoms with van der Waals surface area (Å²) in [6, 6.07) is 11.9. The van der Waals surface area contributed by atoms with Gasteiger partial charge in [0.1, 0.15) is 11.6 Å². The molecule has 0 spiro atoms. The van der Waals surface area contributed by atoms with E-state index in [1.54, 1.807) is 20.3 Å². The number of nitrogens with zero attached hydrogens (tertiary/aromatic N) is 2. The average Bonchev–Trinajstić information content (AvgIpc) is 3.22. The maximum atomic E-state index is 9.99. The number of nitrogens with two attached hydrogens (primary N) is 1. The SMILES string of the molecule is COc1ccc([C@H]2C(C#N)=C(N)Oc3n[nH]c(-c4ccc(C)c(C)c4)c32)c(OC)c1OC. The molecule has 0 bridgehead atoms. The van der Waals surface area contributed by atoms with Crippen molar-refractivity contribution >= 4 is 0 Å². The Labute approximate surface area is 186 Å². The van der Waals surface area contributed by atoms with Gasteiger partial charge in [-0.15, -0.1) is 5.10 Å². The van der Waals surface area contributed by atoms with Crippen LogP contribution in [0.5, 0.6) is 23.1 Å². The first-order valence-electron chi connectivity index (χ1n) is 9.97. The van der Waals surface area contributed by atoms with Crippen LogP contribution in [0.3, 0.4) is 0 Å². The van der Waals surface area contributed by atoms with Crippen LogP contribution in [0.25, 0.3) is 11.3 Å². The maximum Gasteiger partial charge on any atom is 0.244 e. The van der Waals surface area contributed by atoms with E-state index >= 15 is 0 Å². The number of aromatic nitrogens is 2. The highest BCUT2D eigenvalue weighted by molar-refractivity contribution is 5.73. The molecule has 2 heterocycles. The second-order valence-corrected chi connectivity index (χ2v) is 7.46. The normalized spacial score (nSPS) is 14.9. The molecule has 3 N–H and O–H groups in total. The molecule has 0 saturated heterocycles. The number of aryl methyl sites for hydroxylation is 2. The van der Waals surface area contributed by atoms with E-state index in [1.807, 2.05) is 25.1 Å². The van der Waals surface area contributed by atoms with E-state index in [0.717, 1.165) is 16.8 Å². The van der Waals surface area contributed by atoms with Crippen molar-refractivity contribution in [2.75, 3.05) is 21.3 Å². The Hall–Kier alpha value is -4.12. The van der Waals surface area contributed by atoms with Gasteiger partial charge < -0.3 is 24.7 Å². The van der Waals surface area contributed by atoms with Gasteiger partial charge in [0.2, 0.25) is 17.5 Å². The second-order valence-electron chi connectivity index (χ2n) is 7.46. The van der Waals surface area contributed by atoms with Crippen LogP contribution in [-0.4, -0.2) is 31.5 Å². The lowest BCUT2D eigenvalue weighted by atomic mass is 9.82. The first kappa shape index (κ1) is 21.1. The summed E-state index contributed by atoms with van der Waals surface area (Å²) < 4.78 is 22.4. The Balaban J connectivity index is 2.01. The number of H-pyrrole nitrogens is 1. The predicted octanol–water partition coefficient (Wildman–Crippen LogP) is 3.94.